The molecular weight excluding hydrogens is 326 g/mol. The Hall–Kier alpha value is -3.55. The van der Waals surface area contributed by atoms with Crippen LogP contribution in [0.4, 0.5) is 5.69 Å². The van der Waals surface area contributed by atoms with Crippen LogP contribution in [-0.4, -0.2) is 20.9 Å². The first-order chi connectivity index (χ1) is 12.1. The zero-order chi connectivity index (χ0) is 17.8. The Kier molecular flexibility index (Phi) is 4.51. The molecule has 2 aromatic heterocycles. The van der Waals surface area contributed by atoms with Gasteiger partial charge in [0.15, 0.2) is 18.2 Å². The first-order valence-electron chi connectivity index (χ1n) is 7.32. The van der Waals surface area contributed by atoms with Crippen LogP contribution in [0.3, 0.4) is 0 Å². The number of aryl methyl sites for hydroxylation is 1. The van der Waals surface area contributed by atoms with Gasteiger partial charge in [-0.2, -0.15) is 0 Å². The van der Waals surface area contributed by atoms with E-state index in [2.05, 4.69) is 9.97 Å². The molecular formula is C17H13N3O5. The molecule has 1 aromatic carbocycles. The molecule has 0 amide bonds. The van der Waals surface area contributed by atoms with E-state index in [1.807, 2.05) is 0 Å². The van der Waals surface area contributed by atoms with Crippen LogP contribution in [0.1, 0.15) is 33.5 Å². The summed E-state index contributed by atoms with van der Waals surface area (Å²) in [6.07, 6.45) is 3.18. The van der Waals surface area contributed by atoms with Crippen LogP contribution in [0.2, 0.25) is 0 Å². The van der Waals surface area contributed by atoms with E-state index in [-0.39, 0.29) is 16.9 Å². The number of nitrogens with zero attached hydrogens (tertiary/aromatic N) is 3. The van der Waals surface area contributed by atoms with Crippen LogP contribution in [0.25, 0.3) is 0 Å². The number of hydrogen-bond donors (Lipinski definition) is 0. The van der Waals surface area contributed by atoms with Crippen molar-refractivity contribution >= 4 is 11.7 Å². The normalized spacial score (nSPS) is 11.7. The Balaban J connectivity index is 2.04. The Labute approximate surface area is 142 Å². The number of rotatable bonds is 5. The summed E-state index contributed by atoms with van der Waals surface area (Å²) in [5.74, 6) is -0.434. The maximum absolute atomic E-state index is 12.4. The van der Waals surface area contributed by atoms with E-state index in [1.54, 1.807) is 43.5 Å². The second kappa shape index (κ2) is 6.91. The molecule has 0 bridgehead atoms. The van der Waals surface area contributed by atoms with Gasteiger partial charge in [0.25, 0.3) is 5.69 Å². The molecule has 0 N–H and O–H groups in total. The van der Waals surface area contributed by atoms with Gasteiger partial charge in [0.05, 0.1) is 10.5 Å². The molecule has 8 heteroatoms. The van der Waals surface area contributed by atoms with Gasteiger partial charge in [-0.25, -0.2) is 9.78 Å². The number of oxazole rings is 1. The van der Waals surface area contributed by atoms with E-state index in [0.717, 1.165) is 6.39 Å². The number of aromatic nitrogens is 2. The molecule has 8 nitrogen and oxygen atoms in total. The molecule has 3 rings (SSSR count). The lowest BCUT2D eigenvalue weighted by Gasteiger charge is -2.18. The highest BCUT2D eigenvalue weighted by atomic mass is 16.6. The summed E-state index contributed by atoms with van der Waals surface area (Å²) in [6.45, 7) is 1.58. The van der Waals surface area contributed by atoms with Gasteiger partial charge in [-0.3, -0.25) is 15.1 Å². The van der Waals surface area contributed by atoms with Crippen molar-refractivity contribution in [3.05, 3.63) is 87.9 Å². The summed E-state index contributed by atoms with van der Waals surface area (Å²) < 4.78 is 10.5. The van der Waals surface area contributed by atoms with Gasteiger partial charge in [0.1, 0.15) is 5.76 Å². The quantitative estimate of drug-likeness (QED) is 0.399. The van der Waals surface area contributed by atoms with Crippen molar-refractivity contribution < 1.29 is 18.9 Å². The summed E-state index contributed by atoms with van der Waals surface area (Å²) in [7, 11) is 0. The molecule has 0 unspecified atom stereocenters. The topological polar surface area (TPSA) is 108 Å². The lowest BCUT2D eigenvalue weighted by atomic mass is 10.0. The molecule has 0 aliphatic heterocycles. The zero-order valence-corrected chi connectivity index (χ0v) is 13.2. The van der Waals surface area contributed by atoms with Crippen LogP contribution in [0.5, 0.6) is 0 Å². The predicted octanol–water partition coefficient (Wildman–Crippen LogP) is 3.23. The Morgan fingerprint density at radius 1 is 1.28 bits per heavy atom. The van der Waals surface area contributed by atoms with Gasteiger partial charge in [-0.15, -0.1) is 0 Å². The summed E-state index contributed by atoms with van der Waals surface area (Å²) in [6, 6.07) is 9.42. The molecule has 126 valence electrons. The van der Waals surface area contributed by atoms with E-state index in [0.29, 0.717) is 11.3 Å². The Morgan fingerprint density at radius 2 is 2.08 bits per heavy atom. The molecule has 3 aromatic rings. The summed E-state index contributed by atoms with van der Waals surface area (Å²) in [4.78, 5) is 31.1. The van der Waals surface area contributed by atoms with Crippen molar-refractivity contribution in [2.75, 3.05) is 0 Å². The van der Waals surface area contributed by atoms with Gasteiger partial charge in [-0.1, -0.05) is 18.2 Å². The van der Waals surface area contributed by atoms with Crippen LogP contribution in [0.15, 0.2) is 59.6 Å². The van der Waals surface area contributed by atoms with Crippen molar-refractivity contribution in [3.8, 4) is 0 Å². The zero-order valence-electron chi connectivity index (χ0n) is 13.2. The number of carbonyl (C=O) groups is 1. The van der Waals surface area contributed by atoms with E-state index < -0.39 is 17.0 Å². The number of pyridine rings is 1. The highest BCUT2D eigenvalue weighted by Gasteiger charge is 2.28. The summed E-state index contributed by atoms with van der Waals surface area (Å²) in [5, 5.41) is 11.3. The first kappa shape index (κ1) is 16.3. The second-order valence-corrected chi connectivity index (χ2v) is 5.14. The van der Waals surface area contributed by atoms with E-state index in [4.69, 9.17) is 9.15 Å². The minimum atomic E-state index is -1.00. The molecule has 0 aliphatic rings. The Morgan fingerprint density at radius 3 is 2.72 bits per heavy atom. The van der Waals surface area contributed by atoms with Gasteiger partial charge in [-0.05, 0) is 19.1 Å². The van der Waals surface area contributed by atoms with Crippen molar-refractivity contribution in [1.29, 1.82) is 0 Å². The molecule has 0 aliphatic carbocycles. The molecule has 25 heavy (non-hydrogen) atoms. The minimum Gasteiger partial charge on any atom is -0.448 e. The van der Waals surface area contributed by atoms with Gasteiger partial charge < -0.3 is 9.15 Å². The number of para-hydroxylation sites is 1. The second-order valence-electron chi connectivity index (χ2n) is 5.14. The third kappa shape index (κ3) is 3.37. The van der Waals surface area contributed by atoms with Crippen molar-refractivity contribution in [2.24, 2.45) is 0 Å². The molecule has 0 saturated heterocycles. The number of carbonyl (C=O) groups excluding carboxylic acids is 1. The Bertz CT molecular complexity index is 907. The number of hydrogen-bond acceptors (Lipinski definition) is 7. The van der Waals surface area contributed by atoms with Crippen molar-refractivity contribution in [3.63, 3.8) is 0 Å². The SMILES string of the molecule is Cc1ocnc1C(=O)O[C@@H](c1cccnc1)c1ccccc1[N+](=O)[O-]. The number of nitro benzene ring substituents is 1. The lowest BCUT2D eigenvalue weighted by Crippen LogP contribution is -2.15. The van der Waals surface area contributed by atoms with E-state index in [9.17, 15) is 14.9 Å². The van der Waals surface area contributed by atoms with Crippen LogP contribution >= 0.6 is 0 Å². The average Bonchev–Trinajstić information content (AvgIpc) is 3.06. The number of nitro groups is 1. The number of esters is 1. The standard InChI is InChI=1S/C17H13N3O5/c1-11-15(19-10-24-11)17(21)25-16(12-5-4-8-18-9-12)13-6-2-3-7-14(13)20(22)23/h2-10,16H,1H3/t16-/m0/s1. The van der Waals surface area contributed by atoms with Crippen LogP contribution < -0.4 is 0 Å². The largest absolute Gasteiger partial charge is 0.448 e. The molecule has 2 heterocycles. The third-order valence-corrected chi connectivity index (χ3v) is 3.57. The average molecular weight is 339 g/mol. The highest BCUT2D eigenvalue weighted by Crippen LogP contribution is 2.33. The van der Waals surface area contributed by atoms with E-state index in [1.165, 1.54) is 12.3 Å². The number of benzene rings is 1. The fourth-order valence-electron chi connectivity index (χ4n) is 2.38. The fraction of sp³-hybridized carbons (Fsp3) is 0.118. The van der Waals surface area contributed by atoms with Crippen molar-refractivity contribution in [1.82, 2.24) is 9.97 Å². The maximum atomic E-state index is 12.4. The predicted molar refractivity (Wildman–Crippen MR) is 85.8 cm³/mol. The number of ether oxygens (including phenoxy) is 1. The summed E-state index contributed by atoms with van der Waals surface area (Å²) >= 11 is 0. The van der Waals surface area contributed by atoms with Crippen LogP contribution in [0, 0.1) is 17.0 Å². The monoisotopic (exact) mass is 339 g/mol. The maximum Gasteiger partial charge on any atom is 0.361 e. The van der Waals surface area contributed by atoms with E-state index >= 15 is 0 Å². The van der Waals surface area contributed by atoms with Crippen LogP contribution in [-0.2, 0) is 4.74 Å². The first-order valence-corrected chi connectivity index (χ1v) is 7.32. The van der Waals surface area contributed by atoms with Gasteiger partial charge >= 0.3 is 5.97 Å². The minimum absolute atomic E-state index is 0.0208. The molecule has 0 saturated carbocycles. The summed E-state index contributed by atoms with van der Waals surface area (Å²) in [5.41, 5.74) is 0.620. The van der Waals surface area contributed by atoms with Gasteiger partial charge in [0.2, 0.25) is 0 Å². The molecule has 0 fully saturated rings. The molecule has 1 atom stereocenters. The van der Waals surface area contributed by atoms with Crippen molar-refractivity contribution in [2.45, 2.75) is 13.0 Å². The smallest absolute Gasteiger partial charge is 0.361 e. The van der Waals surface area contributed by atoms with Gasteiger partial charge in [0, 0.05) is 24.0 Å². The molecule has 0 radical (unpaired) electrons. The lowest BCUT2D eigenvalue weighted by molar-refractivity contribution is -0.386. The highest BCUT2D eigenvalue weighted by molar-refractivity contribution is 5.88. The molecule has 0 spiro atoms. The fourth-order valence-corrected chi connectivity index (χ4v) is 2.38. The third-order valence-electron chi connectivity index (χ3n) is 3.57.